The highest BCUT2D eigenvalue weighted by molar-refractivity contribution is 7.92. The van der Waals surface area contributed by atoms with E-state index in [1.54, 1.807) is 60.7 Å². The fourth-order valence-electron chi connectivity index (χ4n) is 3.57. The fraction of sp³-hybridized carbons (Fsp3) is 0.240. The Labute approximate surface area is 204 Å². The van der Waals surface area contributed by atoms with Crippen LogP contribution in [0.2, 0.25) is 5.02 Å². The summed E-state index contributed by atoms with van der Waals surface area (Å²) in [6, 6.07) is 18.9. The van der Waals surface area contributed by atoms with E-state index in [2.05, 4.69) is 5.32 Å². The average Bonchev–Trinajstić information content (AvgIpc) is 2.82. The van der Waals surface area contributed by atoms with Gasteiger partial charge in [-0.05, 0) is 55.8 Å². The molecule has 3 aromatic carbocycles. The Morgan fingerprint density at radius 2 is 1.79 bits per heavy atom. The molecule has 1 aliphatic heterocycles. The molecule has 9 heteroatoms. The minimum absolute atomic E-state index is 0.149. The average molecular weight is 501 g/mol. The zero-order chi connectivity index (χ0) is 24.3. The fourth-order valence-corrected chi connectivity index (χ4v) is 5.23. The third-order valence-corrected chi connectivity index (χ3v) is 7.49. The van der Waals surface area contributed by atoms with Crippen LogP contribution in [0.3, 0.4) is 0 Å². The van der Waals surface area contributed by atoms with Crippen LogP contribution in [0.15, 0.2) is 71.6 Å². The number of amides is 1. The van der Waals surface area contributed by atoms with E-state index < -0.39 is 22.0 Å². The number of hydrogen-bond donors (Lipinski definition) is 1. The number of nitrogens with one attached hydrogen (secondary N) is 1. The number of para-hydroxylation sites is 1. The standard InChI is InChI=1S/C25H25ClN2O5S/c1-17-7-10-19(11-8-17)34(30,31)28-16-24(33-23-12-9-18(2)15-21(23)28)25(29)27-13-14-32-22-6-4-3-5-20(22)26/h3-12,15,24H,13-14,16H2,1-2H3,(H,27,29). The molecule has 1 N–H and O–H groups in total. The first-order chi connectivity index (χ1) is 16.3. The largest absolute Gasteiger partial charge is 0.490 e. The van der Waals surface area contributed by atoms with Crippen LogP contribution < -0.4 is 19.1 Å². The maximum absolute atomic E-state index is 13.5. The number of aryl methyl sites for hydroxylation is 2. The van der Waals surface area contributed by atoms with E-state index in [0.29, 0.717) is 22.2 Å². The molecule has 3 aromatic rings. The first kappa shape index (κ1) is 23.9. The van der Waals surface area contributed by atoms with E-state index in [9.17, 15) is 13.2 Å². The number of benzene rings is 3. The zero-order valence-corrected chi connectivity index (χ0v) is 20.4. The summed E-state index contributed by atoms with van der Waals surface area (Å²) in [7, 11) is -3.91. The van der Waals surface area contributed by atoms with Crippen molar-refractivity contribution in [2.24, 2.45) is 0 Å². The van der Waals surface area contributed by atoms with Crippen LogP contribution in [0.4, 0.5) is 5.69 Å². The van der Waals surface area contributed by atoms with Gasteiger partial charge in [-0.25, -0.2) is 8.42 Å². The molecule has 1 amide bonds. The van der Waals surface area contributed by atoms with Gasteiger partial charge in [-0.3, -0.25) is 9.10 Å². The summed E-state index contributed by atoms with van der Waals surface area (Å²) in [6.45, 7) is 4.01. The summed E-state index contributed by atoms with van der Waals surface area (Å²) in [5.74, 6) is 0.421. The van der Waals surface area contributed by atoms with Crippen molar-refractivity contribution in [2.75, 3.05) is 24.0 Å². The molecule has 0 saturated heterocycles. The van der Waals surface area contributed by atoms with Gasteiger partial charge in [0.25, 0.3) is 15.9 Å². The van der Waals surface area contributed by atoms with E-state index in [1.165, 1.54) is 4.31 Å². The highest BCUT2D eigenvalue weighted by Gasteiger charge is 2.37. The molecule has 1 atom stereocenters. The Bertz CT molecular complexity index is 1290. The molecular weight excluding hydrogens is 476 g/mol. The molecule has 0 radical (unpaired) electrons. The SMILES string of the molecule is Cc1ccc(S(=O)(=O)N2CC(C(=O)NCCOc3ccccc3Cl)Oc3ccc(C)cc32)cc1. The second-order valence-corrected chi connectivity index (χ2v) is 10.3. The second kappa shape index (κ2) is 9.95. The molecule has 7 nitrogen and oxygen atoms in total. The number of carbonyl (C=O) groups excluding carboxylic acids is 1. The van der Waals surface area contributed by atoms with Crippen LogP contribution in [0.25, 0.3) is 0 Å². The molecule has 4 rings (SSSR count). The molecule has 34 heavy (non-hydrogen) atoms. The molecule has 0 aliphatic carbocycles. The predicted octanol–water partition coefficient (Wildman–Crippen LogP) is 4.11. The summed E-state index contributed by atoms with van der Waals surface area (Å²) in [5.41, 5.74) is 2.24. The molecule has 0 spiro atoms. The van der Waals surface area contributed by atoms with E-state index >= 15 is 0 Å². The van der Waals surface area contributed by atoms with Crippen molar-refractivity contribution in [3.05, 3.63) is 82.9 Å². The van der Waals surface area contributed by atoms with E-state index in [4.69, 9.17) is 21.1 Å². The number of carbonyl (C=O) groups is 1. The second-order valence-electron chi connectivity index (χ2n) is 8.00. The smallest absolute Gasteiger partial charge is 0.264 e. The molecule has 1 heterocycles. The molecule has 1 aliphatic rings. The normalized spacial score (nSPS) is 15.3. The van der Waals surface area contributed by atoms with Gasteiger partial charge < -0.3 is 14.8 Å². The van der Waals surface area contributed by atoms with Crippen molar-refractivity contribution in [3.63, 3.8) is 0 Å². The van der Waals surface area contributed by atoms with Crippen molar-refractivity contribution in [2.45, 2.75) is 24.8 Å². The van der Waals surface area contributed by atoms with Crippen LogP contribution in [-0.4, -0.2) is 40.1 Å². The molecule has 0 bridgehead atoms. The van der Waals surface area contributed by atoms with Gasteiger partial charge >= 0.3 is 0 Å². The van der Waals surface area contributed by atoms with Gasteiger partial charge in [-0.15, -0.1) is 0 Å². The first-order valence-corrected chi connectivity index (χ1v) is 12.6. The monoisotopic (exact) mass is 500 g/mol. The van der Waals surface area contributed by atoms with Gasteiger partial charge in [0.2, 0.25) is 0 Å². The van der Waals surface area contributed by atoms with Crippen LogP contribution in [-0.2, 0) is 14.8 Å². The number of ether oxygens (including phenoxy) is 2. The molecule has 0 aromatic heterocycles. The van der Waals surface area contributed by atoms with Crippen molar-refractivity contribution < 1.29 is 22.7 Å². The molecule has 178 valence electrons. The van der Waals surface area contributed by atoms with Gasteiger partial charge in [0.15, 0.2) is 6.10 Å². The summed E-state index contributed by atoms with van der Waals surface area (Å²) in [6.07, 6.45) is -1.02. The van der Waals surface area contributed by atoms with Crippen LogP contribution in [0.5, 0.6) is 11.5 Å². The minimum Gasteiger partial charge on any atom is -0.490 e. The van der Waals surface area contributed by atoms with Gasteiger partial charge in [-0.2, -0.15) is 0 Å². The third-order valence-electron chi connectivity index (χ3n) is 5.38. The number of rotatable bonds is 7. The van der Waals surface area contributed by atoms with Gasteiger partial charge in [-0.1, -0.05) is 47.5 Å². The Balaban J connectivity index is 1.50. The summed E-state index contributed by atoms with van der Waals surface area (Å²) >= 11 is 6.07. The Morgan fingerprint density at radius 3 is 2.53 bits per heavy atom. The molecular formula is C25H25ClN2O5S. The lowest BCUT2D eigenvalue weighted by Crippen LogP contribution is -2.51. The van der Waals surface area contributed by atoms with Crippen molar-refractivity contribution in [3.8, 4) is 11.5 Å². The summed E-state index contributed by atoms with van der Waals surface area (Å²) in [5, 5.41) is 3.23. The number of halogens is 1. The lowest BCUT2D eigenvalue weighted by molar-refractivity contribution is -0.127. The number of fused-ring (bicyclic) bond motifs is 1. The maximum atomic E-state index is 13.5. The predicted molar refractivity (Wildman–Crippen MR) is 131 cm³/mol. The number of sulfonamides is 1. The van der Waals surface area contributed by atoms with Crippen molar-refractivity contribution >= 4 is 33.2 Å². The van der Waals surface area contributed by atoms with Gasteiger partial charge in [0.05, 0.1) is 28.7 Å². The lowest BCUT2D eigenvalue weighted by atomic mass is 10.1. The van der Waals surface area contributed by atoms with Gasteiger partial charge in [0, 0.05) is 0 Å². The topological polar surface area (TPSA) is 84.9 Å². The number of anilines is 1. The van der Waals surface area contributed by atoms with Crippen LogP contribution in [0.1, 0.15) is 11.1 Å². The Morgan fingerprint density at radius 1 is 1.09 bits per heavy atom. The molecule has 0 fully saturated rings. The number of hydrogen-bond acceptors (Lipinski definition) is 5. The first-order valence-electron chi connectivity index (χ1n) is 10.8. The lowest BCUT2D eigenvalue weighted by Gasteiger charge is -2.35. The number of nitrogens with zero attached hydrogens (tertiary/aromatic N) is 1. The van der Waals surface area contributed by atoms with E-state index in [1.807, 2.05) is 19.9 Å². The van der Waals surface area contributed by atoms with E-state index in [-0.39, 0.29) is 24.6 Å². The summed E-state index contributed by atoms with van der Waals surface area (Å²) in [4.78, 5) is 13.0. The highest BCUT2D eigenvalue weighted by Crippen LogP contribution is 2.37. The van der Waals surface area contributed by atoms with E-state index in [0.717, 1.165) is 11.1 Å². The van der Waals surface area contributed by atoms with Gasteiger partial charge in [0.1, 0.15) is 18.1 Å². The minimum atomic E-state index is -3.91. The molecule has 0 saturated carbocycles. The Hall–Kier alpha value is -3.23. The third kappa shape index (κ3) is 5.13. The van der Waals surface area contributed by atoms with Crippen LogP contribution >= 0.6 is 11.6 Å². The maximum Gasteiger partial charge on any atom is 0.264 e. The van der Waals surface area contributed by atoms with Crippen molar-refractivity contribution in [1.29, 1.82) is 0 Å². The zero-order valence-electron chi connectivity index (χ0n) is 18.8. The summed E-state index contributed by atoms with van der Waals surface area (Å²) < 4.78 is 39.7. The Kier molecular flexibility index (Phi) is 7.00. The highest BCUT2D eigenvalue weighted by atomic mass is 35.5. The molecule has 1 unspecified atom stereocenters. The van der Waals surface area contributed by atoms with Crippen molar-refractivity contribution in [1.82, 2.24) is 5.32 Å². The van der Waals surface area contributed by atoms with Crippen LogP contribution in [0, 0.1) is 13.8 Å². The quantitative estimate of drug-likeness (QED) is 0.493.